The third kappa shape index (κ3) is 3.39. The summed E-state index contributed by atoms with van der Waals surface area (Å²) in [5.41, 5.74) is 0.490. The lowest BCUT2D eigenvalue weighted by atomic mass is 10.1. The number of carbonyl (C=O) groups excluding carboxylic acids is 1. The zero-order valence-corrected chi connectivity index (χ0v) is 11.6. The molecule has 0 aromatic heterocycles. The minimum atomic E-state index is -0.146. The second-order valence-corrected chi connectivity index (χ2v) is 4.57. The van der Waals surface area contributed by atoms with E-state index in [1.165, 1.54) is 0 Å². The van der Waals surface area contributed by atoms with Crippen molar-refractivity contribution in [3.05, 3.63) is 23.8 Å². The number of benzene rings is 1. The molecule has 4 heteroatoms. The summed E-state index contributed by atoms with van der Waals surface area (Å²) in [4.78, 5) is 12.2. The van der Waals surface area contributed by atoms with Gasteiger partial charge in [-0.05, 0) is 31.0 Å². The monoisotopic (exact) mass is 251 g/mol. The van der Waals surface area contributed by atoms with E-state index in [1.54, 1.807) is 32.4 Å². The second kappa shape index (κ2) is 6.28. The Labute approximate surface area is 108 Å². The first kappa shape index (κ1) is 14.4. The Morgan fingerprint density at radius 1 is 1.17 bits per heavy atom. The predicted molar refractivity (Wildman–Crippen MR) is 71.3 cm³/mol. The third-order valence-electron chi connectivity index (χ3n) is 3.01. The Hall–Kier alpha value is -1.71. The fourth-order valence-corrected chi connectivity index (χ4v) is 1.44. The summed E-state index contributed by atoms with van der Waals surface area (Å²) in [6.07, 6.45) is 0. The molecule has 0 aliphatic rings. The number of carbonyl (C=O) groups is 1. The molecule has 1 amide bonds. The first-order valence-electron chi connectivity index (χ1n) is 6.02. The maximum absolute atomic E-state index is 12.2. The molecular formula is C14H21NO3. The summed E-state index contributed by atoms with van der Waals surface area (Å²) in [5, 5.41) is 2.95. The Morgan fingerprint density at radius 2 is 1.83 bits per heavy atom. The highest BCUT2D eigenvalue weighted by Crippen LogP contribution is 2.24. The summed E-state index contributed by atoms with van der Waals surface area (Å²) in [6.45, 7) is 6.11. The van der Waals surface area contributed by atoms with Crippen LogP contribution in [0, 0.1) is 5.92 Å². The van der Waals surface area contributed by atoms with Gasteiger partial charge in [0.1, 0.15) is 11.5 Å². The van der Waals surface area contributed by atoms with Gasteiger partial charge in [0.25, 0.3) is 5.91 Å². The number of methoxy groups -OCH3 is 2. The quantitative estimate of drug-likeness (QED) is 0.874. The summed E-state index contributed by atoms with van der Waals surface area (Å²) in [5.74, 6) is 1.42. The van der Waals surface area contributed by atoms with Gasteiger partial charge < -0.3 is 14.8 Å². The van der Waals surface area contributed by atoms with Crippen LogP contribution in [0.2, 0.25) is 0 Å². The minimum Gasteiger partial charge on any atom is -0.497 e. The van der Waals surface area contributed by atoms with Crippen molar-refractivity contribution < 1.29 is 14.3 Å². The molecule has 18 heavy (non-hydrogen) atoms. The van der Waals surface area contributed by atoms with Crippen LogP contribution in [-0.4, -0.2) is 26.2 Å². The number of ether oxygens (including phenoxy) is 2. The molecule has 1 rings (SSSR count). The van der Waals surface area contributed by atoms with Gasteiger partial charge in [-0.3, -0.25) is 4.79 Å². The molecule has 0 aliphatic carbocycles. The molecule has 0 heterocycles. The van der Waals surface area contributed by atoms with Gasteiger partial charge >= 0.3 is 0 Å². The van der Waals surface area contributed by atoms with Crippen molar-refractivity contribution in [2.75, 3.05) is 14.2 Å². The van der Waals surface area contributed by atoms with E-state index in [0.717, 1.165) is 0 Å². The largest absolute Gasteiger partial charge is 0.497 e. The van der Waals surface area contributed by atoms with Crippen LogP contribution in [0.15, 0.2) is 18.2 Å². The number of rotatable bonds is 5. The molecule has 0 spiro atoms. The molecule has 0 fully saturated rings. The molecule has 1 N–H and O–H groups in total. The molecule has 4 nitrogen and oxygen atoms in total. The average Bonchev–Trinajstić information content (AvgIpc) is 2.37. The topological polar surface area (TPSA) is 47.6 Å². The molecule has 0 saturated heterocycles. The van der Waals surface area contributed by atoms with Gasteiger partial charge in [-0.15, -0.1) is 0 Å². The lowest BCUT2D eigenvalue weighted by Crippen LogP contribution is -2.36. The molecule has 0 saturated carbocycles. The molecule has 0 aliphatic heterocycles. The first-order valence-corrected chi connectivity index (χ1v) is 6.02. The highest BCUT2D eigenvalue weighted by Gasteiger charge is 2.17. The van der Waals surface area contributed by atoms with E-state index >= 15 is 0 Å². The number of amides is 1. The van der Waals surface area contributed by atoms with Crippen LogP contribution in [0.25, 0.3) is 0 Å². The summed E-state index contributed by atoms with van der Waals surface area (Å²) >= 11 is 0. The first-order chi connectivity index (χ1) is 8.49. The average molecular weight is 251 g/mol. The number of nitrogens with one attached hydrogen (secondary N) is 1. The van der Waals surface area contributed by atoms with Crippen LogP contribution < -0.4 is 14.8 Å². The van der Waals surface area contributed by atoms with Crippen LogP contribution in [0.4, 0.5) is 0 Å². The third-order valence-corrected chi connectivity index (χ3v) is 3.01. The standard InChI is InChI=1S/C14H21NO3/c1-9(2)10(3)15-14(16)12-8-11(17-4)6-7-13(12)18-5/h6-10H,1-5H3,(H,15,16)/t10-/m1/s1. The minimum absolute atomic E-state index is 0.105. The van der Waals surface area contributed by atoms with Crippen LogP contribution >= 0.6 is 0 Å². The maximum atomic E-state index is 12.2. The van der Waals surface area contributed by atoms with E-state index in [1.807, 2.05) is 6.92 Å². The lowest BCUT2D eigenvalue weighted by Gasteiger charge is -2.18. The summed E-state index contributed by atoms with van der Waals surface area (Å²) < 4.78 is 10.3. The normalized spacial score (nSPS) is 12.1. The fourth-order valence-electron chi connectivity index (χ4n) is 1.44. The number of hydrogen-bond acceptors (Lipinski definition) is 3. The predicted octanol–water partition coefficient (Wildman–Crippen LogP) is 2.48. The van der Waals surface area contributed by atoms with Gasteiger partial charge in [0.2, 0.25) is 0 Å². The Kier molecular flexibility index (Phi) is 5.01. The Bertz CT molecular complexity index is 416. The van der Waals surface area contributed by atoms with Crippen molar-refractivity contribution in [1.29, 1.82) is 0 Å². The molecular weight excluding hydrogens is 230 g/mol. The molecule has 1 atom stereocenters. The van der Waals surface area contributed by atoms with E-state index < -0.39 is 0 Å². The second-order valence-electron chi connectivity index (χ2n) is 4.57. The van der Waals surface area contributed by atoms with E-state index in [0.29, 0.717) is 23.0 Å². The van der Waals surface area contributed by atoms with Crippen molar-refractivity contribution in [3.63, 3.8) is 0 Å². The molecule has 0 unspecified atom stereocenters. The van der Waals surface area contributed by atoms with Gasteiger partial charge in [-0.25, -0.2) is 0 Å². The van der Waals surface area contributed by atoms with Gasteiger partial charge in [-0.1, -0.05) is 13.8 Å². The molecule has 0 radical (unpaired) electrons. The Balaban J connectivity index is 2.96. The Morgan fingerprint density at radius 3 is 2.33 bits per heavy atom. The van der Waals surface area contributed by atoms with Crippen molar-refractivity contribution >= 4 is 5.91 Å². The van der Waals surface area contributed by atoms with Crippen molar-refractivity contribution in [3.8, 4) is 11.5 Å². The van der Waals surface area contributed by atoms with E-state index in [9.17, 15) is 4.79 Å². The van der Waals surface area contributed by atoms with Gasteiger partial charge in [0.15, 0.2) is 0 Å². The molecule has 100 valence electrons. The zero-order valence-electron chi connectivity index (χ0n) is 11.6. The molecule has 0 bridgehead atoms. The van der Waals surface area contributed by atoms with Crippen LogP contribution in [0.3, 0.4) is 0 Å². The maximum Gasteiger partial charge on any atom is 0.255 e. The van der Waals surface area contributed by atoms with Gasteiger partial charge in [-0.2, -0.15) is 0 Å². The molecule has 1 aromatic rings. The number of hydrogen-bond donors (Lipinski definition) is 1. The van der Waals surface area contributed by atoms with E-state index in [-0.39, 0.29) is 11.9 Å². The SMILES string of the molecule is COc1ccc(OC)c(C(=O)N[C@H](C)C(C)C)c1. The fraction of sp³-hybridized carbons (Fsp3) is 0.500. The van der Waals surface area contributed by atoms with Crippen LogP contribution in [0.5, 0.6) is 11.5 Å². The van der Waals surface area contributed by atoms with Crippen molar-refractivity contribution in [2.24, 2.45) is 5.92 Å². The smallest absolute Gasteiger partial charge is 0.255 e. The van der Waals surface area contributed by atoms with E-state index in [2.05, 4.69) is 19.2 Å². The van der Waals surface area contributed by atoms with Crippen molar-refractivity contribution in [2.45, 2.75) is 26.8 Å². The molecule has 1 aromatic carbocycles. The zero-order chi connectivity index (χ0) is 13.7. The summed E-state index contributed by atoms with van der Waals surface area (Å²) in [6, 6.07) is 5.28. The lowest BCUT2D eigenvalue weighted by molar-refractivity contribution is 0.0927. The summed E-state index contributed by atoms with van der Waals surface area (Å²) in [7, 11) is 3.12. The van der Waals surface area contributed by atoms with Crippen LogP contribution in [0.1, 0.15) is 31.1 Å². The van der Waals surface area contributed by atoms with Gasteiger partial charge in [0.05, 0.1) is 19.8 Å². The van der Waals surface area contributed by atoms with Crippen molar-refractivity contribution in [1.82, 2.24) is 5.32 Å². The van der Waals surface area contributed by atoms with E-state index in [4.69, 9.17) is 9.47 Å². The van der Waals surface area contributed by atoms with Gasteiger partial charge in [0, 0.05) is 6.04 Å². The highest BCUT2D eigenvalue weighted by atomic mass is 16.5. The highest BCUT2D eigenvalue weighted by molar-refractivity contribution is 5.97. The van der Waals surface area contributed by atoms with Crippen LogP contribution in [-0.2, 0) is 0 Å².